The van der Waals surface area contributed by atoms with Crippen LogP contribution in [0.2, 0.25) is 0 Å². The van der Waals surface area contributed by atoms with E-state index in [0.717, 1.165) is 25.7 Å². The number of carbonyl (C=O) groups excluding carboxylic acids is 1. The first-order valence-corrected chi connectivity index (χ1v) is 10.9. The van der Waals surface area contributed by atoms with Crippen LogP contribution in [0, 0.1) is 0 Å². The van der Waals surface area contributed by atoms with E-state index >= 15 is 0 Å². The van der Waals surface area contributed by atoms with Gasteiger partial charge in [-0.2, -0.15) is 0 Å². The second-order valence-electron chi connectivity index (χ2n) is 8.83. The van der Waals surface area contributed by atoms with E-state index in [4.69, 9.17) is 11.5 Å². The van der Waals surface area contributed by atoms with Crippen molar-refractivity contribution in [2.75, 3.05) is 25.5 Å². The summed E-state index contributed by atoms with van der Waals surface area (Å²) in [7, 11) is 4.29. The highest BCUT2D eigenvalue weighted by Gasteiger charge is 2.50. The standard InChI is InChI=1S/C24H31N7O/c1-30(2)24(19-6-4-3-5-7-19)11-9-23(10-12-24)17-31(22(32)29-23)20-15-27-21(28-16-20)18(14-26)8-13-25/h3-8,13-16H,9-12,17,25-26H2,1-2H3,(H,29,32)/b13-8-,18-14+. The highest BCUT2D eigenvalue weighted by Crippen LogP contribution is 2.46. The van der Waals surface area contributed by atoms with E-state index in [9.17, 15) is 4.79 Å². The summed E-state index contributed by atoms with van der Waals surface area (Å²) in [4.78, 5) is 25.7. The molecule has 2 aliphatic rings. The molecule has 4 rings (SSSR count). The number of nitrogens with two attached hydrogens (primary N) is 2. The second-order valence-corrected chi connectivity index (χ2v) is 8.83. The molecule has 1 aliphatic carbocycles. The Labute approximate surface area is 189 Å². The minimum atomic E-state index is -0.241. The number of carbonyl (C=O) groups is 1. The lowest BCUT2D eigenvalue weighted by atomic mass is 9.69. The van der Waals surface area contributed by atoms with Gasteiger partial charge in [0.2, 0.25) is 0 Å². The molecule has 8 nitrogen and oxygen atoms in total. The maximum Gasteiger partial charge on any atom is 0.322 e. The van der Waals surface area contributed by atoms with Crippen molar-refractivity contribution >= 4 is 17.3 Å². The summed E-state index contributed by atoms with van der Waals surface area (Å²) in [6.45, 7) is 0.606. The number of rotatable bonds is 5. The highest BCUT2D eigenvalue weighted by atomic mass is 16.2. The smallest absolute Gasteiger partial charge is 0.322 e. The van der Waals surface area contributed by atoms with Gasteiger partial charge in [-0.1, -0.05) is 30.3 Å². The zero-order valence-corrected chi connectivity index (χ0v) is 18.7. The van der Waals surface area contributed by atoms with E-state index in [1.807, 2.05) is 0 Å². The molecule has 2 amide bonds. The number of hydrogen-bond acceptors (Lipinski definition) is 6. The minimum Gasteiger partial charge on any atom is -0.405 e. The Balaban J connectivity index is 1.51. The van der Waals surface area contributed by atoms with E-state index < -0.39 is 0 Å². The quantitative estimate of drug-likeness (QED) is 0.625. The van der Waals surface area contributed by atoms with E-state index in [1.165, 1.54) is 18.0 Å². The zero-order valence-electron chi connectivity index (χ0n) is 18.7. The van der Waals surface area contributed by atoms with Crippen LogP contribution in [-0.4, -0.2) is 47.1 Å². The number of aromatic nitrogens is 2. The van der Waals surface area contributed by atoms with Crippen molar-refractivity contribution in [1.82, 2.24) is 20.2 Å². The van der Waals surface area contributed by atoms with Crippen molar-refractivity contribution in [2.24, 2.45) is 11.5 Å². The van der Waals surface area contributed by atoms with Crippen molar-refractivity contribution in [1.29, 1.82) is 0 Å². The summed E-state index contributed by atoms with van der Waals surface area (Å²) < 4.78 is 0. The van der Waals surface area contributed by atoms with E-state index in [0.29, 0.717) is 23.6 Å². The van der Waals surface area contributed by atoms with Crippen LogP contribution < -0.4 is 21.7 Å². The van der Waals surface area contributed by atoms with Gasteiger partial charge in [-0.25, -0.2) is 14.8 Å². The summed E-state index contributed by atoms with van der Waals surface area (Å²) >= 11 is 0. The summed E-state index contributed by atoms with van der Waals surface area (Å²) in [6, 6.07) is 10.6. The van der Waals surface area contributed by atoms with Crippen molar-refractivity contribution in [2.45, 2.75) is 36.8 Å². The Morgan fingerprint density at radius 2 is 1.75 bits per heavy atom. The molecule has 0 unspecified atom stereocenters. The Bertz CT molecular complexity index is 1010. The molecule has 1 spiro atoms. The first-order chi connectivity index (χ1) is 15.4. The largest absolute Gasteiger partial charge is 0.405 e. The number of urea groups is 1. The number of nitrogens with one attached hydrogen (secondary N) is 1. The molecule has 1 aromatic heterocycles. The third-order valence-corrected chi connectivity index (χ3v) is 6.94. The molecular formula is C24H31N7O. The number of amides is 2. The van der Waals surface area contributed by atoms with Crippen LogP contribution in [0.25, 0.3) is 5.57 Å². The van der Waals surface area contributed by atoms with Gasteiger partial charge in [-0.05, 0) is 57.6 Å². The Hall–Kier alpha value is -3.39. The fourth-order valence-corrected chi connectivity index (χ4v) is 5.00. The van der Waals surface area contributed by atoms with Gasteiger partial charge in [-0.15, -0.1) is 0 Å². The SMILES string of the molecule is CN(C)C1(c2ccccc2)CCC2(CC1)CN(c1cnc(C(/C=C\N)=C/N)nc1)C(=O)N2. The van der Waals surface area contributed by atoms with E-state index in [-0.39, 0.29) is 17.1 Å². The van der Waals surface area contributed by atoms with Crippen molar-refractivity contribution in [3.63, 3.8) is 0 Å². The number of allylic oxidation sites excluding steroid dienone is 2. The monoisotopic (exact) mass is 433 g/mol. The van der Waals surface area contributed by atoms with Crippen LogP contribution >= 0.6 is 0 Å². The third-order valence-electron chi connectivity index (χ3n) is 6.94. The second kappa shape index (κ2) is 8.63. The van der Waals surface area contributed by atoms with Gasteiger partial charge in [0.05, 0.1) is 30.2 Å². The summed E-state index contributed by atoms with van der Waals surface area (Å²) in [5.41, 5.74) is 13.4. The summed E-state index contributed by atoms with van der Waals surface area (Å²) in [5, 5.41) is 3.27. The minimum absolute atomic E-state index is 0.0170. The lowest BCUT2D eigenvalue weighted by molar-refractivity contribution is 0.0658. The lowest BCUT2D eigenvalue weighted by Gasteiger charge is -2.48. The molecule has 0 atom stereocenters. The molecule has 1 saturated heterocycles. The molecule has 8 heteroatoms. The lowest BCUT2D eigenvalue weighted by Crippen LogP contribution is -2.54. The van der Waals surface area contributed by atoms with Gasteiger partial charge < -0.3 is 16.8 Å². The number of benzene rings is 1. The van der Waals surface area contributed by atoms with Crippen LogP contribution in [0.15, 0.2) is 61.2 Å². The maximum absolute atomic E-state index is 12.9. The third kappa shape index (κ3) is 3.82. The zero-order chi connectivity index (χ0) is 22.8. The molecule has 2 fully saturated rings. The molecule has 2 heterocycles. The van der Waals surface area contributed by atoms with Crippen molar-refractivity contribution < 1.29 is 4.79 Å². The Kier molecular flexibility index (Phi) is 5.88. The molecule has 5 N–H and O–H groups in total. The molecule has 0 bridgehead atoms. The van der Waals surface area contributed by atoms with Gasteiger partial charge in [0, 0.05) is 17.3 Å². The number of hydrogen-bond donors (Lipinski definition) is 3. The number of nitrogens with zero attached hydrogens (tertiary/aromatic N) is 4. The predicted molar refractivity (Wildman–Crippen MR) is 126 cm³/mol. The van der Waals surface area contributed by atoms with Gasteiger partial charge >= 0.3 is 6.03 Å². The molecule has 32 heavy (non-hydrogen) atoms. The van der Waals surface area contributed by atoms with Crippen LogP contribution in [0.5, 0.6) is 0 Å². The van der Waals surface area contributed by atoms with E-state index in [2.05, 4.69) is 64.6 Å². The first-order valence-electron chi connectivity index (χ1n) is 10.9. The van der Waals surface area contributed by atoms with Crippen molar-refractivity contribution in [3.05, 3.63) is 72.6 Å². The van der Waals surface area contributed by atoms with Crippen LogP contribution in [0.4, 0.5) is 10.5 Å². The van der Waals surface area contributed by atoms with Gasteiger partial charge in [-0.3, -0.25) is 9.80 Å². The van der Waals surface area contributed by atoms with Gasteiger partial charge in [0.15, 0.2) is 5.82 Å². The van der Waals surface area contributed by atoms with Crippen LogP contribution in [0.1, 0.15) is 37.1 Å². The molecule has 1 aliphatic heterocycles. The van der Waals surface area contributed by atoms with E-state index in [1.54, 1.807) is 23.4 Å². The average Bonchev–Trinajstić information content (AvgIpc) is 3.14. The molecule has 0 radical (unpaired) electrons. The normalized spacial score (nSPS) is 26.3. The summed E-state index contributed by atoms with van der Waals surface area (Å²) in [5.74, 6) is 0.462. The fourth-order valence-electron chi connectivity index (χ4n) is 5.00. The van der Waals surface area contributed by atoms with Gasteiger partial charge in [0.1, 0.15) is 0 Å². The molecule has 1 saturated carbocycles. The predicted octanol–water partition coefficient (Wildman–Crippen LogP) is 2.55. The van der Waals surface area contributed by atoms with Gasteiger partial charge in [0.25, 0.3) is 0 Å². The topological polar surface area (TPSA) is 113 Å². The first kappa shape index (κ1) is 21.8. The van der Waals surface area contributed by atoms with Crippen LogP contribution in [0.3, 0.4) is 0 Å². The highest BCUT2D eigenvalue weighted by molar-refractivity contribution is 5.95. The fraction of sp³-hybridized carbons (Fsp3) is 0.375. The Morgan fingerprint density at radius 1 is 1.09 bits per heavy atom. The molecule has 1 aromatic carbocycles. The Morgan fingerprint density at radius 3 is 2.31 bits per heavy atom. The molecule has 168 valence electrons. The van der Waals surface area contributed by atoms with Crippen LogP contribution in [-0.2, 0) is 5.54 Å². The van der Waals surface area contributed by atoms with Crippen molar-refractivity contribution in [3.8, 4) is 0 Å². The summed E-state index contributed by atoms with van der Waals surface area (Å²) in [6.07, 6.45) is 11.5. The average molecular weight is 434 g/mol. The molecule has 2 aromatic rings. The maximum atomic E-state index is 12.9. The molecular weight excluding hydrogens is 402 g/mol. The number of anilines is 1.